The number of carbonyl (C=O) groups is 1. The molecule has 0 spiro atoms. The highest BCUT2D eigenvalue weighted by Gasteiger charge is 2.29. The number of rotatable bonds is 2. The Bertz CT molecular complexity index is 494. The summed E-state index contributed by atoms with van der Waals surface area (Å²) in [5.41, 5.74) is 5.69. The van der Waals surface area contributed by atoms with Gasteiger partial charge in [0.2, 0.25) is 0 Å². The van der Waals surface area contributed by atoms with E-state index in [-0.39, 0.29) is 23.7 Å². The van der Waals surface area contributed by atoms with Crippen molar-refractivity contribution in [2.24, 2.45) is 5.73 Å². The molecule has 0 saturated carbocycles. The van der Waals surface area contributed by atoms with E-state index in [0.29, 0.717) is 19.8 Å². The molecule has 1 heterocycles. The van der Waals surface area contributed by atoms with Crippen LogP contribution in [0.2, 0.25) is 0 Å². The average Bonchev–Trinajstić information content (AvgIpc) is 2.42. The Morgan fingerprint density at radius 3 is 2.89 bits per heavy atom. The molecule has 4 nitrogen and oxygen atoms in total. The maximum absolute atomic E-state index is 13.7. The van der Waals surface area contributed by atoms with Crippen molar-refractivity contribution in [3.05, 3.63) is 34.9 Å². The van der Waals surface area contributed by atoms with Crippen molar-refractivity contribution >= 4 is 5.91 Å². The van der Waals surface area contributed by atoms with Crippen molar-refractivity contribution < 1.29 is 18.3 Å². The predicted octanol–water partition coefficient (Wildman–Crippen LogP) is 1.07. The molecule has 0 radical (unpaired) electrons. The third-order valence-corrected chi connectivity index (χ3v) is 3.24. The van der Waals surface area contributed by atoms with Crippen molar-refractivity contribution in [2.45, 2.75) is 13.0 Å². The highest BCUT2D eigenvalue weighted by atomic mass is 19.1. The molecule has 1 amide bonds. The Hall–Kier alpha value is -1.53. The maximum Gasteiger partial charge on any atom is 0.257 e. The number of carbonyl (C=O) groups excluding carboxylic acids is 1. The fraction of sp³-hybridized carbons (Fsp3) is 0.462. The minimum Gasteiger partial charge on any atom is -0.377 e. The molecule has 1 atom stereocenters. The molecule has 1 saturated heterocycles. The molecule has 6 heteroatoms. The van der Waals surface area contributed by atoms with Gasteiger partial charge in [0.15, 0.2) is 0 Å². The van der Waals surface area contributed by atoms with Gasteiger partial charge < -0.3 is 15.4 Å². The van der Waals surface area contributed by atoms with E-state index in [0.717, 1.165) is 6.07 Å². The van der Waals surface area contributed by atoms with Crippen LogP contribution in [0.4, 0.5) is 8.78 Å². The van der Waals surface area contributed by atoms with Crippen LogP contribution < -0.4 is 5.73 Å². The van der Waals surface area contributed by atoms with Crippen LogP contribution >= 0.6 is 0 Å². The lowest BCUT2D eigenvalue weighted by molar-refractivity contribution is 0.000589. The van der Waals surface area contributed by atoms with Crippen LogP contribution in [0.5, 0.6) is 0 Å². The van der Waals surface area contributed by atoms with Gasteiger partial charge in [-0.05, 0) is 18.6 Å². The molecule has 1 aliphatic rings. The fourth-order valence-electron chi connectivity index (χ4n) is 2.09. The van der Waals surface area contributed by atoms with E-state index in [9.17, 15) is 13.6 Å². The lowest BCUT2D eigenvalue weighted by atomic mass is 10.1. The van der Waals surface area contributed by atoms with Gasteiger partial charge in [0, 0.05) is 19.2 Å². The van der Waals surface area contributed by atoms with Crippen molar-refractivity contribution in [3.63, 3.8) is 0 Å². The second-order valence-corrected chi connectivity index (χ2v) is 4.54. The normalized spacial score (nSPS) is 19.6. The number of amides is 1. The summed E-state index contributed by atoms with van der Waals surface area (Å²) < 4.78 is 32.2. The zero-order valence-electron chi connectivity index (χ0n) is 10.7. The summed E-state index contributed by atoms with van der Waals surface area (Å²) in [5.74, 6) is -1.99. The summed E-state index contributed by atoms with van der Waals surface area (Å²) in [6.45, 7) is 2.82. The minimum absolute atomic E-state index is 0.126. The monoisotopic (exact) mass is 270 g/mol. The van der Waals surface area contributed by atoms with Gasteiger partial charge >= 0.3 is 0 Å². The Morgan fingerprint density at radius 1 is 1.47 bits per heavy atom. The quantitative estimate of drug-likeness (QED) is 0.874. The second-order valence-electron chi connectivity index (χ2n) is 4.54. The van der Waals surface area contributed by atoms with Gasteiger partial charge in [-0.15, -0.1) is 0 Å². The van der Waals surface area contributed by atoms with E-state index < -0.39 is 17.5 Å². The number of ether oxygens (including phenoxy) is 1. The molecule has 1 aromatic carbocycles. The fourth-order valence-corrected chi connectivity index (χ4v) is 2.09. The first-order chi connectivity index (χ1) is 9.04. The SMILES string of the molecule is Cc1cc(C(=O)N2CCOCC2CN)c(F)cc1F. The number of hydrogen-bond donors (Lipinski definition) is 1. The molecule has 1 unspecified atom stereocenters. The van der Waals surface area contributed by atoms with Crippen LogP contribution in [0.25, 0.3) is 0 Å². The predicted molar refractivity (Wildman–Crippen MR) is 65.8 cm³/mol. The van der Waals surface area contributed by atoms with E-state index >= 15 is 0 Å². The van der Waals surface area contributed by atoms with Crippen molar-refractivity contribution in [3.8, 4) is 0 Å². The van der Waals surface area contributed by atoms with E-state index in [2.05, 4.69) is 0 Å². The van der Waals surface area contributed by atoms with Crippen LogP contribution in [-0.4, -0.2) is 43.2 Å². The van der Waals surface area contributed by atoms with Crippen molar-refractivity contribution in [1.82, 2.24) is 4.90 Å². The first-order valence-corrected chi connectivity index (χ1v) is 6.09. The number of benzene rings is 1. The number of nitrogens with zero attached hydrogens (tertiary/aromatic N) is 1. The van der Waals surface area contributed by atoms with E-state index in [1.165, 1.54) is 17.9 Å². The van der Waals surface area contributed by atoms with Crippen molar-refractivity contribution in [1.29, 1.82) is 0 Å². The first-order valence-electron chi connectivity index (χ1n) is 6.09. The Kier molecular flexibility index (Phi) is 4.11. The number of hydrogen-bond acceptors (Lipinski definition) is 3. The zero-order valence-corrected chi connectivity index (χ0v) is 10.7. The molecule has 104 valence electrons. The lowest BCUT2D eigenvalue weighted by Gasteiger charge is -2.35. The van der Waals surface area contributed by atoms with Gasteiger partial charge in [0.05, 0.1) is 24.8 Å². The molecule has 0 aliphatic carbocycles. The highest BCUT2D eigenvalue weighted by molar-refractivity contribution is 5.95. The summed E-state index contributed by atoms with van der Waals surface area (Å²) >= 11 is 0. The van der Waals surface area contributed by atoms with Crippen LogP contribution in [0.3, 0.4) is 0 Å². The largest absolute Gasteiger partial charge is 0.377 e. The highest BCUT2D eigenvalue weighted by Crippen LogP contribution is 2.18. The van der Waals surface area contributed by atoms with Gasteiger partial charge in [-0.1, -0.05) is 0 Å². The number of halogens is 2. The van der Waals surface area contributed by atoms with Crippen molar-refractivity contribution in [2.75, 3.05) is 26.3 Å². The molecule has 2 N–H and O–H groups in total. The first kappa shape index (κ1) is 13.9. The van der Waals surface area contributed by atoms with Gasteiger partial charge in [-0.25, -0.2) is 8.78 Å². The molecular formula is C13H16F2N2O2. The molecule has 2 rings (SSSR count). The molecule has 1 aromatic rings. The van der Waals surface area contributed by atoms with Gasteiger partial charge in [0.25, 0.3) is 5.91 Å². The summed E-state index contributed by atoms with van der Waals surface area (Å²) in [4.78, 5) is 13.8. The number of morpholine rings is 1. The van der Waals surface area contributed by atoms with E-state index in [4.69, 9.17) is 10.5 Å². The maximum atomic E-state index is 13.7. The standard InChI is InChI=1S/C13H16F2N2O2/c1-8-4-10(12(15)5-11(8)14)13(18)17-2-3-19-7-9(17)6-16/h4-5,9H,2-3,6-7,16H2,1H3. The average molecular weight is 270 g/mol. The molecular weight excluding hydrogens is 254 g/mol. The number of aryl methyl sites for hydroxylation is 1. The van der Waals surface area contributed by atoms with Gasteiger partial charge in [0.1, 0.15) is 11.6 Å². The van der Waals surface area contributed by atoms with Crippen LogP contribution in [0, 0.1) is 18.6 Å². The summed E-state index contributed by atoms with van der Waals surface area (Å²) in [6, 6.07) is 1.70. The lowest BCUT2D eigenvalue weighted by Crippen LogP contribution is -2.52. The van der Waals surface area contributed by atoms with E-state index in [1.807, 2.05) is 0 Å². The molecule has 19 heavy (non-hydrogen) atoms. The third-order valence-electron chi connectivity index (χ3n) is 3.24. The van der Waals surface area contributed by atoms with Gasteiger partial charge in [-0.3, -0.25) is 4.79 Å². The Labute approximate surface area is 110 Å². The molecule has 0 bridgehead atoms. The third kappa shape index (κ3) is 2.74. The second kappa shape index (κ2) is 5.63. The molecule has 1 fully saturated rings. The van der Waals surface area contributed by atoms with E-state index in [1.54, 1.807) is 0 Å². The smallest absolute Gasteiger partial charge is 0.257 e. The topological polar surface area (TPSA) is 55.6 Å². The van der Waals surface area contributed by atoms with Crippen LogP contribution in [0.1, 0.15) is 15.9 Å². The summed E-state index contributed by atoms with van der Waals surface area (Å²) in [5, 5.41) is 0. The minimum atomic E-state index is -0.852. The zero-order chi connectivity index (χ0) is 14.0. The van der Waals surface area contributed by atoms with Crippen LogP contribution in [-0.2, 0) is 4.74 Å². The Morgan fingerprint density at radius 2 is 2.21 bits per heavy atom. The summed E-state index contributed by atoms with van der Waals surface area (Å²) in [7, 11) is 0. The number of nitrogens with two attached hydrogens (primary N) is 1. The molecule has 0 aromatic heterocycles. The van der Waals surface area contributed by atoms with Gasteiger partial charge in [-0.2, -0.15) is 0 Å². The molecule has 1 aliphatic heterocycles. The summed E-state index contributed by atoms with van der Waals surface area (Å²) in [6.07, 6.45) is 0. The Balaban J connectivity index is 2.30. The van der Waals surface area contributed by atoms with Crippen LogP contribution in [0.15, 0.2) is 12.1 Å².